The Morgan fingerprint density at radius 1 is 1.33 bits per heavy atom. The number of imidazole rings is 1. The highest BCUT2D eigenvalue weighted by Crippen LogP contribution is 2.30. The standard InChI is InChI=1S/C17H19N3O/c1-3-16-15(10-12(2)17(21)19-16)13-4-6-14(7-5-13)20-9-8-18-11-20/h4-9,11-12H,3,10H2,1-2H3,(H,19,21). The van der Waals surface area contributed by atoms with Gasteiger partial charge in [-0.25, -0.2) is 4.98 Å². The summed E-state index contributed by atoms with van der Waals surface area (Å²) in [5, 5.41) is 3.03. The van der Waals surface area contributed by atoms with E-state index in [2.05, 4.69) is 41.5 Å². The predicted octanol–water partition coefficient (Wildman–Crippen LogP) is 3.15. The highest BCUT2D eigenvalue weighted by atomic mass is 16.1. The molecule has 0 saturated heterocycles. The van der Waals surface area contributed by atoms with Crippen LogP contribution in [0.1, 0.15) is 32.3 Å². The van der Waals surface area contributed by atoms with Crippen LogP contribution in [0.4, 0.5) is 0 Å². The van der Waals surface area contributed by atoms with E-state index in [9.17, 15) is 4.79 Å². The second kappa shape index (κ2) is 5.56. The van der Waals surface area contributed by atoms with E-state index in [0.717, 1.165) is 24.2 Å². The lowest BCUT2D eigenvalue weighted by atomic mass is 9.89. The molecule has 0 fully saturated rings. The summed E-state index contributed by atoms with van der Waals surface area (Å²) in [6.45, 7) is 4.05. The number of nitrogens with one attached hydrogen (secondary N) is 1. The molecule has 2 aromatic rings. The van der Waals surface area contributed by atoms with Gasteiger partial charge in [0.2, 0.25) is 5.91 Å². The van der Waals surface area contributed by atoms with E-state index in [-0.39, 0.29) is 11.8 Å². The molecule has 21 heavy (non-hydrogen) atoms. The fourth-order valence-electron chi connectivity index (χ4n) is 2.71. The molecule has 3 rings (SSSR count). The Morgan fingerprint density at radius 3 is 2.71 bits per heavy atom. The van der Waals surface area contributed by atoms with Crippen molar-refractivity contribution >= 4 is 11.5 Å². The van der Waals surface area contributed by atoms with Crippen LogP contribution in [0.25, 0.3) is 11.3 Å². The summed E-state index contributed by atoms with van der Waals surface area (Å²) in [6.07, 6.45) is 7.13. The number of amides is 1. The van der Waals surface area contributed by atoms with Crippen molar-refractivity contribution < 1.29 is 4.79 Å². The van der Waals surface area contributed by atoms with Gasteiger partial charge >= 0.3 is 0 Å². The minimum atomic E-state index is 0.0311. The zero-order chi connectivity index (χ0) is 14.8. The van der Waals surface area contributed by atoms with E-state index in [1.807, 2.05) is 17.7 Å². The van der Waals surface area contributed by atoms with Crippen molar-refractivity contribution in [1.82, 2.24) is 14.9 Å². The van der Waals surface area contributed by atoms with Crippen molar-refractivity contribution in [2.75, 3.05) is 0 Å². The molecule has 1 N–H and O–H groups in total. The van der Waals surface area contributed by atoms with Crippen LogP contribution in [0.5, 0.6) is 0 Å². The lowest BCUT2D eigenvalue weighted by molar-refractivity contribution is -0.124. The summed E-state index contributed by atoms with van der Waals surface area (Å²) in [5.74, 6) is 0.161. The maximum Gasteiger partial charge on any atom is 0.227 e. The first-order valence-corrected chi connectivity index (χ1v) is 7.30. The van der Waals surface area contributed by atoms with Gasteiger partial charge in [0.25, 0.3) is 0 Å². The Bertz CT molecular complexity index is 669. The monoisotopic (exact) mass is 281 g/mol. The average Bonchev–Trinajstić information content (AvgIpc) is 3.04. The van der Waals surface area contributed by atoms with E-state index >= 15 is 0 Å². The van der Waals surface area contributed by atoms with E-state index < -0.39 is 0 Å². The van der Waals surface area contributed by atoms with E-state index in [1.165, 1.54) is 11.1 Å². The molecule has 2 heterocycles. The normalized spacial score (nSPS) is 18.8. The Hall–Kier alpha value is -2.36. The Kier molecular flexibility index (Phi) is 3.60. The number of aromatic nitrogens is 2. The summed E-state index contributed by atoms with van der Waals surface area (Å²) in [7, 11) is 0. The van der Waals surface area contributed by atoms with Crippen LogP contribution >= 0.6 is 0 Å². The number of allylic oxidation sites excluding steroid dienone is 2. The summed E-state index contributed by atoms with van der Waals surface area (Å²) in [4.78, 5) is 15.9. The third-order valence-corrected chi connectivity index (χ3v) is 3.97. The second-order valence-electron chi connectivity index (χ2n) is 5.42. The van der Waals surface area contributed by atoms with Gasteiger partial charge in [0.05, 0.1) is 6.33 Å². The fraction of sp³-hybridized carbons (Fsp3) is 0.294. The molecule has 0 aliphatic carbocycles. The van der Waals surface area contributed by atoms with Crippen LogP contribution < -0.4 is 5.32 Å². The molecule has 1 aliphatic heterocycles. The molecule has 1 unspecified atom stereocenters. The van der Waals surface area contributed by atoms with E-state index in [1.54, 1.807) is 12.5 Å². The maximum atomic E-state index is 11.8. The number of hydrogen-bond donors (Lipinski definition) is 1. The molecule has 1 amide bonds. The van der Waals surface area contributed by atoms with Crippen LogP contribution in [-0.2, 0) is 4.79 Å². The Balaban J connectivity index is 1.94. The molecule has 4 heteroatoms. The van der Waals surface area contributed by atoms with E-state index in [0.29, 0.717) is 0 Å². The lowest BCUT2D eigenvalue weighted by Gasteiger charge is -2.25. The molecule has 1 aromatic carbocycles. The number of carbonyl (C=O) groups is 1. The molecule has 1 atom stereocenters. The van der Waals surface area contributed by atoms with Gasteiger partial charge < -0.3 is 9.88 Å². The largest absolute Gasteiger partial charge is 0.329 e. The highest BCUT2D eigenvalue weighted by molar-refractivity contribution is 5.88. The zero-order valence-corrected chi connectivity index (χ0v) is 12.3. The first-order valence-electron chi connectivity index (χ1n) is 7.30. The molecule has 0 radical (unpaired) electrons. The molecule has 0 bridgehead atoms. The summed E-state index contributed by atoms with van der Waals surface area (Å²) >= 11 is 0. The fourth-order valence-corrected chi connectivity index (χ4v) is 2.71. The van der Waals surface area contributed by atoms with Gasteiger partial charge in [-0.15, -0.1) is 0 Å². The van der Waals surface area contributed by atoms with Crippen LogP contribution in [0, 0.1) is 5.92 Å². The second-order valence-corrected chi connectivity index (χ2v) is 5.42. The smallest absolute Gasteiger partial charge is 0.227 e. The third kappa shape index (κ3) is 2.61. The summed E-state index contributed by atoms with van der Waals surface area (Å²) in [5.41, 5.74) is 4.57. The minimum absolute atomic E-state index is 0.0311. The minimum Gasteiger partial charge on any atom is -0.329 e. The number of carbonyl (C=O) groups excluding carboxylic acids is 1. The van der Waals surface area contributed by atoms with Gasteiger partial charge in [-0.05, 0) is 36.1 Å². The quantitative estimate of drug-likeness (QED) is 0.939. The molecule has 0 spiro atoms. The van der Waals surface area contributed by atoms with Gasteiger partial charge in [-0.1, -0.05) is 26.0 Å². The lowest BCUT2D eigenvalue weighted by Crippen LogP contribution is -2.33. The van der Waals surface area contributed by atoms with Gasteiger partial charge in [0, 0.05) is 29.7 Å². The summed E-state index contributed by atoms with van der Waals surface area (Å²) < 4.78 is 1.98. The predicted molar refractivity (Wildman–Crippen MR) is 82.7 cm³/mol. The van der Waals surface area contributed by atoms with Crippen LogP contribution in [-0.4, -0.2) is 15.5 Å². The third-order valence-electron chi connectivity index (χ3n) is 3.97. The van der Waals surface area contributed by atoms with Crippen LogP contribution in [0.3, 0.4) is 0 Å². The first kappa shape index (κ1) is 13.6. The van der Waals surface area contributed by atoms with Crippen molar-refractivity contribution in [2.24, 2.45) is 5.92 Å². The summed E-state index contributed by atoms with van der Waals surface area (Å²) in [6, 6.07) is 8.39. The van der Waals surface area contributed by atoms with Gasteiger partial charge in [-0.3, -0.25) is 4.79 Å². The zero-order valence-electron chi connectivity index (χ0n) is 12.3. The van der Waals surface area contributed by atoms with Crippen LogP contribution in [0.15, 0.2) is 48.7 Å². The van der Waals surface area contributed by atoms with Gasteiger partial charge in [-0.2, -0.15) is 0 Å². The molecule has 108 valence electrons. The first-order chi connectivity index (χ1) is 10.2. The van der Waals surface area contributed by atoms with Crippen molar-refractivity contribution in [3.8, 4) is 5.69 Å². The van der Waals surface area contributed by atoms with Crippen molar-refractivity contribution in [3.05, 3.63) is 54.2 Å². The van der Waals surface area contributed by atoms with Crippen molar-refractivity contribution in [2.45, 2.75) is 26.7 Å². The number of rotatable bonds is 3. The van der Waals surface area contributed by atoms with Crippen molar-refractivity contribution in [3.63, 3.8) is 0 Å². The SMILES string of the molecule is CCC1=C(c2ccc(-n3ccnc3)cc2)CC(C)C(=O)N1. The molecular weight excluding hydrogens is 262 g/mol. The van der Waals surface area contributed by atoms with Crippen molar-refractivity contribution in [1.29, 1.82) is 0 Å². The average molecular weight is 281 g/mol. The molecule has 1 aromatic heterocycles. The van der Waals surface area contributed by atoms with E-state index in [4.69, 9.17) is 0 Å². The molecular formula is C17H19N3O. The molecule has 4 nitrogen and oxygen atoms in total. The molecule has 0 saturated carbocycles. The Morgan fingerprint density at radius 2 is 2.10 bits per heavy atom. The number of benzene rings is 1. The highest BCUT2D eigenvalue weighted by Gasteiger charge is 2.24. The molecule has 1 aliphatic rings. The van der Waals surface area contributed by atoms with Crippen LogP contribution in [0.2, 0.25) is 0 Å². The topological polar surface area (TPSA) is 46.9 Å². The Labute approximate surface area is 124 Å². The number of hydrogen-bond acceptors (Lipinski definition) is 2. The number of nitrogens with zero attached hydrogens (tertiary/aromatic N) is 2. The van der Waals surface area contributed by atoms with Gasteiger partial charge in [0.15, 0.2) is 0 Å². The maximum absolute atomic E-state index is 11.8. The van der Waals surface area contributed by atoms with Gasteiger partial charge in [0.1, 0.15) is 0 Å².